The van der Waals surface area contributed by atoms with Crippen LogP contribution < -0.4 is 4.74 Å². The Labute approximate surface area is 155 Å². The Morgan fingerprint density at radius 3 is 2.52 bits per heavy atom. The van der Waals surface area contributed by atoms with E-state index in [2.05, 4.69) is 33.2 Å². The number of hydrogen-bond donors (Lipinski definition) is 1. The lowest BCUT2D eigenvalue weighted by Crippen LogP contribution is -1.92. The van der Waals surface area contributed by atoms with Crippen LogP contribution in [0.5, 0.6) is 5.75 Å². The summed E-state index contributed by atoms with van der Waals surface area (Å²) in [5, 5.41) is 0. The molecule has 0 aliphatic rings. The van der Waals surface area contributed by atoms with Crippen molar-refractivity contribution in [3.05, 3.63) is 73.1 Å². The molecule has 0 unspecified atom stereocenters. The molecule has 130 valence electrons. The number of aromatic amines is 1. The lowest BCUT2D eigenvalue weighted by atomic mass is 9.98. The van der Waals surface area contributed by atoms with Gasteiger partial charge >= 0.3 is 0 Å². The lowest BCUT2D eigenvalue weighted by molar-refractivity contribution is 0.416. The Morgan fingerprint density at radius 1 is 0.815 bits per heavy atom. The first-order valence-electron chi connectivity index (χ1n) is 8.67. The number of fused-ring (bicyclic) bond motifs is 3. The van der Waals surface area contributed by atoms with E-state index in [9.17, 15) is 0 Å². The quantitative estimate of drug-likeness (QED) is 0.504. The van der Waals surface area contributed by atoms with E-state index < -0.39 is 0 Å². The van der Waals surface area contributed by atoms with E-state index in [0.29, 0.717) is 0 Å². The highest BCUT2D eigenvalue weighted by Crippen LogP contribution is 2.38. The molecule has 5 rings (SSSR count). The zero-order valence-corrected chi connectivity index (χ0v) is 14.7. The number of methoxy groups -OCH3 is 1. The number of benzene rings is 3. The zero-order valence-electron chi connectivity index (χ0n) is 14.7. The molecule has 2 aromatic heterocycles. The van der Waals surface area contributed by atoms with Gasteiger partial charge in [0.25, 0.3) is 0 Å². The van der Waals surface area contributed by atoms with Crippen LogP contribution in [0.25, 0.3) is 44.6 Å². The molecule has 0 spiro atoms. The summed E-state index contributed by atoms with van der Waals surface area (Å²) >= 11 is 0. The predicted octanol–water partition coefficient (Wildman–Crippen LogP) is 4.85. The van der Waals surface area contributed by atoms with Crippen molar-refractivity contribution < 1.29 is 4.74 Å². The van der Waals surface area contributed by atoms with E-state index in [1.807, 2.05) is 42.5 Å². The van der Waals surface area contributed by atoms with E-state index in [0.717, 1.165) is 50.3 Å². The molecule has 0 fully saturated rings. The van der Waals surface area contributed by atoms with Crippen LogP contribution in [0.2, 0.25) is 0 Å². The van der Waals surface area contributed by atoms with Gasteiger partial charge in [0.1, 0.15) is 22.6 Å². The van der Waals surface area contributed by atoms with Gasteiger partial charge in [0.15, 0.2) is 0 Å². The van der Waals surface area contributed by atoms with Gasteiger partial charge in [-0.3, -0.25) is 9.97 Å². The highest BCUT2D eigenvalue weighted by Gasteiger charge is 2.17. The molecule has 0 saturated heterocycles. The average Bonchev–Trinajstić information content (AvgIpc) is 3.18. The van der Waals surface area contributed by atoms with Crippen LogP contribution in [0.1, 0.15) is 0 Å². The van der Waals surface area contributed by atoms with Gasteiger partial charge in [-0.2, -0.15) is 0 Å². The number of hydrogen-bond acceptors (Lipinski definition) is 4. The Bertz CT molecular complexity index is 1260. The first kappa shape index (κ1) is 15.5. The highest BCUT2D eigenvalue weighted by atomic mass is 16.5. The molecule has 1 N–H and O–H groups in total. The van der Waals surface area contributed by atoms with Gasteiger partial charge < -0.3 is 9.72 Å². The van der Waals surface area contributed by atoms with Crippen LogP contribution in [0.4, 0.5) is 0 Å². The van der Waals surface area contributed by atoms with Crippen molar-refractivity contribution in [2.24, 2.45) is 0 Å². The number of nitrogens with zero attached hydrogens (tertiary/aromatic N) is 3. The Hall–Kier alpha value is -3.73. The van der Waals surface area contributed by atoms with Crippen molar-refractivity contribution in [1.29, 1.82) is 0 Å². The van der Waals surface area contributed by atoms with E-state index in [4.69, 9.17) is 9.72 Å². The summed E-state index contributed by atoms with van der Waals surface area (Å²) in [7, 11) is 1.69. The third-order valence-corrected chi connectivity index (χ3v) is 4.65. The predicted molar refractivity (Wildman–Crippen MR) is 107 cm³/mol. The fraction of sp³-hybridized carbons (Fsp3) is 0.0455. The minimum Gasteiger partial charge on any atom is -0.496 e. The SMILES string of the molecule is COc1cccc(-c2nc3c(ccc4nccnc43)[nH]2)c1-c1ccccc1. The van der Waals surface area contributed by atoms with Crippen molar-refractivity contribution in [2.45, 2.75) is 0 Å². The summed E-state index contributed by atoms with van der Waals surface area (Å²) in [4.78, 5) is 17.1. The smallest absolute Gasteiger partial charge is 0.139 e. The Kier molecular flexibility index (Phi) is 3.57. The summed E-state index contributed by atoms with van der Waals surface area (Å²) in [5.74, 6) is 1.59. The van der Waals surface area contributed by atoms with Crippen LogP contribution in [-0.2, 0) is 0 Å². The molecule has 0 bridgehead atoms. The second kappa shape index (κ2) is 6.21. The number of H-pyrrole nitrogens is 1. The normalized spacial score (nSPS) is 11.1. The maximum Gasteiger partial charge on any atom is 0.139 e. The molecule has 0 atom stereocenters. The molecule has 0 saturated carbocycles. The van der Waals surface area contributed by atoms with Gasteiger partial charge in [-0.25, -0.2) is 4.98 Å². The van der Waals surface area contributed by atoms with Crippen molar-refractivity contribution in [2.75, 3.05) is 7.11 Å². The third-order valence-electron chi connectivity index (χ3n) is 4.65. The van der Waals surface area contributed by atoms with Gasteiger partial charge in [0.05, 0.1) is 18.1 Å². The lowest BCUT2D eigenvalue weighted by Gasteiger charge is -2.12. The van der Waals surface area contributed by atoms with E-state index in [1.54, 1.807) is 19.5 Å². The first-order chi connectivity index (χ1) is 13.3. The number of imidazole rings is 1. The van der Waals surface area contributed by atoms with Crippen LogP contribution in [0.3, 0.4) is 0 Å². The molecular weight excluding hydrogens is 336 g/mol. The molecule has 0 radical (unpaired) electrons. The third kappa shape index (κ3) is 2.52. The van der Waals surface area contributed by atoms with Gasteiger partial charge in [0.2, 0.25) is 0 Å². The van der Waals surface area contributed by atoms with E-state index >= 15 is 0 Å². The fourth-order valence-electron chi connectivity index (χ4n) is 3.43. The van der Waals surface area contributed by atoms with Gasteiger partial charge in [-0.1, -0.05) is 42.5 Å². The van der Waals surface area contributed by atoms with Crippen molar-refractivity contribution in [3.8, 4) is 28.3 Å². The number of nitrogens with one attached hydrogen (secondary N) is 1. The molecule has 5 heteroatoms. The average molecular weight is 352 g/mol. The van der Waals surface area contributed by atoms with Crippen LogP contribution in [-0.4, -0.2) is 27.0 Å². The molecule has 5 aromatic rings. The van der Waals surface area contributed by atoms with E-state index in [1.165, 1.54) is 0 Å². The van der Waals surface area contributed by atoms with E-state index in [-0.39, 0.29) is 0 Å². The summed E-state index contributed by atoms with van der Waals surface area (Å²) in [6, 6.07) is 20.1. The monoisotopic (exact) mass is 352 g/mol. The number of ether oxygens (including phenoxy) is 1. The second-order valence-electron chi connectivity index (χ2n) is 6.22. The first-order valence-corrected chi connectivity index (χ1v) is 8.67. The molecule has 0 amide bonds. The Balaban J connectivity index is 1.79. The van der Waals surface area contributed by atoms with Gasteiger partial charge in [-0.15, -0.1) is 0 Å². The minimum atomic E-state index is 0.779. The molecule has 5 nitrogen and oxygen atoms in total. The molecule has 3 aromatic carbocycles. The van der Waals surface area contributed by atoms with Crippen molar-refractivity contribution >= 4 is 22.1 Å². The van der Waals surface area contributed by atoms with Gasteiger partial charge in [-0.05, 0) is 23.8 Å². The van der Waals surface area contributed by atoms with Crippen molar-refractivity contribution in [3.63, 3.8) is 0 Å². The summed E-state index contributed by atoms with van der Waals surface area (Å²) < 4.78 is 5.64. The molecule has 0 aliphatic heterocycles. The largest absolute Gasteiger partial charge is 0.496 e. The molecule has 0 aliphatic carbocycles. The maximum absolute atomic E-state index is 5.64. The summed E-state index contributed by atoms with van der Waals surface area (Å²) in [5.41, 5.74) is 6.44. The topological polar surface area (TPSA) is 63.7 Å². The molecule has 27 heavy (non-hydrogen) atoms. The standard InChI is InChI=1S/C22H16N4O/c1-27-18-9-5-8-15(19(18)14-6-3-2-4-7-14)22-25-17-11-10-16-20(21(17)26-22)24-13-12-23-16/h2-13H,1H3,(H,25,26). The fourth-order valence-corrected chi connectivity index (χ4v) is 3.43. The highest BCUT2D eigenvalue weighted by molar-refractivity contribution is 6.01. The molecular formula is C22H16N4O. The maximum atomic E-state index is 5.64. The number of aromatic nitrogens is 4. The molecule has 2 heterocycles. The summed E-state index contributed by atoms with van der Waals surface area (Å²) in [6.45, 7) is 0. The van der Waals surface area contributed by atoms with Crippen LogP contribution in [0, 0.1) is 0 Å². The Morgan fingerprint density at radius 2 is 1.67 bits per heavy atom. The second-order valence-corrected chi connectivity index (χ2v) is 6.22. The number of rotatable bonds is 3. The van der Waals surface area contributed by atoms with Gasteiger partial charge in [0, 0.05) is 23.5 Å². The minimum absolute atomic E-state index is 0.779. The van der Waals surface area contributed by atoms with Crippen molar-refractivity contribution in [1.82, 2.24) is 19.9 Å². The van der Waals surface area contributed by atoms with Crippen LogP contribution >= 0.6 is 0 Å². The van der Waals surface area contributed by atoms with Crippen LogP contribution in [0.15, 0.2) is 73.1 Å². The zero-order chi connectivity index (χ0) is 18.2. The summed E-state index contributed by atoms with van der Waals surface area (Å²) in [6.07, 6.45) is 3.38.